The van der Waals surface area contributed by atoms with Crippen LogP contribution in [-0.4, -0.2) is 55.0 Å². The summed E-state index contributed by atoms with van der Waals surface area (Å²) in [5.74, 6) is 1.59. The summed E-state index contributed by atoms with van der Waals surface area (Å²) < 4.78 is 0. The molecule has 0 atom stereocenters. The van der Waals surface area contributed by atoms with Crippen molar-refractivity contribution in [1.29, 1.82) is 0 Å². The molecule has 5 heteroatoms. The second-order valence-corrected chi connectivity index (χ2v) is 5.34. The average molecular weight is 382 g/mol. The van der Waals surface area contributed by atoms with E-state index in [1.54, 1.807) is 0 Å². The van der Waals surface area contributed by atoms with Gasteiger partial charge in [0.05, 0.1) is 6.54 Å². The molecule has 0 aromatic rings. The van der Waals surface area contributed by atoms with Crippen LogP contribution in [0.5, 0.6) is 0 Å². The number of piperidine rings is 1. The summed E-state index contributed by atoms with van der Waals surface area (Å²) in [6.45, 7) is 13.0. The van der Waals surface area contributed by atoms with E-state index in [0.717, 1.165) is 51.1 Å². The Morgan fingerprint density at radius 2 is 1.89 bits per heavy atom. The van der Waals surface area contributed by atoms with E-state index in [9.17, 15) is 0 Å². The van der Waals surface area contributed by atoms with Crippen LogP contribution >= 0.6 is 24.0 Å². The van der Waals surface area contributed by atoms with Crippen molar-refractivity contribution in [2.45, 2.75) is 40.0 Å². The number of likely N-dealkylation sites (N-methyl/N-ethyl adjacent to an activating group) is 1. The van der Waals surface area contributed by atoms with Crippen LogP contribution in [0.1, 0.15) is 40.0 Å². The quantitative estimate of drug-likeness (QED) is 0.436. The largest absolute Gasteiger partial charge is 0.370 e. The van der Waals surface area contributed by atoms with Gasteiger partial charge in [0, 0.05) is 19.6 Å². The first-order valence-electron chi connectivity index (χ1n) is 7.44. The third kappa shape index (κ3) is 7.34. The highest BCUT2D eigenvalue weighted by Gasteiger charge is 2.16. The minimum atomic E-state index is 0. The molecule has 1 saturated heterocycles. The molecule has 1 fully saturated rings. The van der Waals surface area contributed by atoms with Crippen LogP contribution in [0.15, 0.2) is 4.99 Å². The Morgan fingerprint density at radius 3 is 2.42 bits per heavy atom. The van der Waals surface area contributed by atoms with Crippen molar-refractivity contribution in [1.82, 2.24) is 9.80 Å². The molecule has 4 nitrogen and oxygen atoms in total. The first-order chi connectivity index (χ1) is 8.67. The van der Waals surface area contributed by atoms with Crippen molar-refractivity contribution < 1.29 is 0 Å². The van der Waals surface area contributed by atoms with Crippen LogP contribution in [-0.2, 0) is 0 Å². The summed E-state index contributed by atoms with van der Waals surface area (Å²) in [5, 5.41) is 0. The molecular weight excluding hydrogens is 351 g/mol. The molecular formula is C14H31IN4. The molecule has 1 aliphatic rings. The molecule has 0 aliphatic carbocycles. The lowest BCUT2D eigenvalue weighted by atomic mass is 10.00. The molecule has 2 N–H and O–H groups in total. The number of aliphatic imine (C=N–C) groups is 1. The van der Waals surface area contributed by atoms with Gasteiger partial charge in [-0.1, -0.05) is 20.8 Å². The van der Waals surface area contributed by atoms with E-state index >= 15 is 0 Å². The number of halogens is 1. The lowest BCUT2D eigenvalue weighted by Gasteiger charge is -2.31. The first-order valence-corrected chi connectivity index (χ1v) is 7.44. The maximum Gasteiger partial charge on any atom is 0.191 e. The highest BCUT2D eigenvalue weighted by molar-refractivity contribution is 14.0. The topological polar surface area (TPSA) is 44.9 Å². The zero-order valence-electron chi connectivity index (χ0n) is 12.8. The molecule has 1 aliphatic heterocycles. The fraction of sp³-hybridized carbons (Fsp3) is 0.929. The Bertz CT molecular complexity index is 250. The molecule has 0 radical (unpaired) electrons. The molecule has 0 spiro atoms. The van der Waals surface area contributed by atoms with Crippen molar-refractivity contribution in [3.8, 4) is 0 Å². The van der Waals surface area contributed by atoms with Gasteiger partial charge in [0.1, 0.15) is 0 Å². The SMILES string of the molecule is CCCN(CC)CCN=C(N)N1CCC(C)CC1.I. The standard InChI is InChI=1S/C14H30N4.HI/c1-4-9-17(5-2)12-8-16-14(15)18-10-6-13(3)7-11-18;/h13H,4-12H2,1-3H3,(H2,15,16);1H. The molecule has 19 heavy (non-hydrogen) atoms. The Kier molecular flexibility index (Phi) is 10.7. The van der Waals surface area contributed by atoms with Gasteiger partial charge in [-0.25, -0.2) is 0 Å². The third-order valence-corrected chi connectivity index (χ3v) is 3.78. The molecule has 114 valence electrons. The number of nitrogens with zero attached hydrogens (tertiary/aromatic N) is 3. The summed E-state index contributed by atoms with van der Waals surface area (Å²) in [5.41, 5.74) is 6.05. The number of rotatable bonds is 6. The predicted molar refractivity (Wildman–Crippen MR) is 94.3 cm³/mol. The summed E-state index contributed by atoms with van der Waals surface area (Å²) in [7, 11) is 0. The van der Waals surface area contributed by atoms with Crippen LogP contribution in [0.4, 0.5) is 0 Å². The second kappa shape index (κ2) is 10.7. The van der Waals surface area contributed by atoms with Gasteiger partial charge in [-0.05, 0) is 38.3 Å². The number of hydrogen-bond donors (Lipinski definition) is 1. The number of guanidine groups is 1. The predicted octanol–water partition coefficient (Wildman–Crippen LogP) is 2.38. The number of likely N-dealkylation sites (tertiary alicyclic amines) is 1. The Labute approximate surface area is 135 Å². The zero-order valence-corrected chi connectivity index (χ0v) is 15.1. The van der Waals surface area contributed by atoms with E-state index in [0.29, 0.717) is 0 Å². The van der Waals surface area contributed by atoms with Crippen molar-refractivity contribution in [3.63, 3.8) is 0 Å². The van der Waals surface area contributed by atoms with E-state index in [-0.39, 0.29) is 24.0 Å². The van der Waals surface area contributed by atoms with E-state index in [1.807, 2.05) is 0 Å². The Morgan fingerprint density at radius 1 is 1.26 bits per heavy atom. The van der Waals surface area contributed by atoms with E-state index < -0.39 is 0 Å². The monoisotopic (exact) mass is 382 g/mol. The summed E-state index contributed by atoms with van der Waals surface area (Å²) >= 11 is 0. The lowest BCUT2D eigenvalue weighted by molar-refractivity contribution is 0.275. The van der Waals surface area contributed by atoms with Crippen molar-refractivity contribution in [2.24, 2.45) is 16.6 Å². The summed E-state index contributed by atoms with van der Waals surface area (Å²) in [6, 6.07) is 0. The summed E-state index contributed by atoms with van der Waals surface area (Å²) in [6.07, 6.45) is 3.69. The third-order valence-electron chi connectivity index (χ3n) is 3.78. The maximum atomic E-state index is 6.05. The smallest absolute Gasteiger partial charge is 0.191 e. The van der Waals surface area contributed by atoms with Gasteiger partial charge in [-0.2, -0.15) is 0 Å². The van der Waals surface area contributed by atoms with Crippen LogP contribution in [0.2, 0.25) is 0 Å². The van der Waals surface area contributed by atoms with Gasteiger partial charge in [-0.3, -0.25) is 4.99 Å². The molecule has 1 heterocycles. The molecule has 0 bridgehead atoms. The van der Waals surface area contributed by atoms with Crippen molar-refractivity contribution in [2.75, 3.05) is 39.3 Å². The van der Waals surface area contributed by atoms with E-state index in [1.165, 1.54) is 19.3 Å². The zero-order chi connectivity index (χ0) is 13.4. The minimum Gasteiger partial charge on any atom is -0.370 e. The van der Waals surface area contributed by atoms with Crippen molar-refractivity contribution >= 4 is 29.9 Å². The molecule has 1 rings (SSSR count). The van der Waals surface area contributed by atoms with Gasteiger partial charge in [0.15, 0.2) is 5.96 Å². The fourth-order valence-electron chi connectivity index (χ4n) is 2.39. The summed E-state index contributed by atoms with van der Waals surface area (Å²) in [4.78, 5) is 9.18. The van der Waals surface area contributed by atoms with Crippen LogP contribution in [0, 0.1) is 5.92 Å². The van der Waals surface area contributed by atoms with Gasteiger partial charge in [0.2, 0.25) is 0 Å². The van der Waals surface area contributed by atoms with Crippen LogP contribution in [0.3, 0.4) is 0 Å². The molecule has 0 unspecified atom stereocenters. The first kappa shape index (κ1) is 19.0. The van der Waals surface area contributed by atoms with E-state index in [2.05, 4.69) is 35.6 Å². The Balaban J connectivity index is 0.00000324. The molecule has 0 aromatic carbocycles. The second-order valence-electron chi connectivity index (χ2n) is 5.34. The highest BCUT2D eigenvalue weighted by Crippen LogP contribution is 2.15. The fourth-order valence-corrected chi connectivity index (χ4v) is 2.39. The Hall–Kier alpha value is -0.0400. The van der Waals surface area contributed by atoms with Crippen LogP contribution in [0.25, 0.3) is 0 Å². The molecule has 0 saturated carbocycles. The van der Waals surface area contributed by atoms with E-state index in [4.69, 9.17) is 5.73 Å². The van der Waals surface area contributed by atoms with Crippen molar-refractivity contribution in [3.05, 3.63) is 0 Å². The van der Waals surface area contributed by atoms with Crippen LogP contribution < -0.4 is 5.73 Å². The molecule has 0 aromatic heterocycles. The normalized spacial score (nSPS) is 17.7. The molecule has 0 amide bonds. The number of hydrogen-bond acceptors (Lipinski definition) is 2. The lowest BCUT2D eigenvalue weighted by Crippen LogP contribution is -2.42. The minimum absolute atomic E-state index is 0. The maximum absolute atomic E-state index is 6.05. The average Bonchev–Trinajstić information content (AvgIpc) is 2.38. The van der Waals surface area contributed by atoms with Gasteiger partial charge < -0.3 is 15.5 Å². The van der Waals surface area contributed by atoms with Gasteiger partial charge >= 0.3 is 0 Å². The number of nitrogens with two attached hydrogens (primary N) is 1. The van der Waals surface area contributed by atoms with Gasteiger partial charge in [-0.15, -0.1) is 24.0 Å². The van der Waals surface area contributed by atoms with Gasteiger partial charge in [0.25, 0.3) is 0 Å². The highest BCUT2D eigenvalue weighted by atomic mass is 127.